The van der Waals surface area contributed by atoms with Gasteiger partial charge in [-0.05, 0) is 26.2 Å². The van der Waals surface area contributed by atoms with Crippen LogP contribution in [0.25, 0.3) is 0 Å². The molecule has 0 spiro atoms. The molecular weight excluding hydrogens is 266 g/mol. The maximum atomic E-state index is 12.7. The molecule has 0 saturated heterocycles. The minimum Gasteiger partial charge on any atom is -0.472 e. The molecule has 1 amide bonds. The number of aryl methyl sites for hydroxylation is 2. The summed E-state index contributed by atoms with van der Waals surface area (Å²) in [4.78, 5) is 14.7. The summed E-state index contributed by atoms with van der Waals surface area (Å²) >= 11 is 0. The highest BCUT2D eigenvalue weighted by Crippen LogP contribution is 2.35. The van der Waals surface area contributed by atoms with Crippen molar-refractivity contribution in [1.29, 1.82) is 0 Å². The highest BCUT2D eigenvalue weighted by atomic mass is 16.5. The van der Waals surface area contributed by atoms with Gasteiger partial charge in [-0.25, -0.2) is 4.68 Å². The van der Waals surface area contributed by atoms with Gasteiger partial charge in [-0.2, -0.15) is 5.10 Å². The summed E-state index contributed by atoms with van der Waals surface area (Å²) in [7, 11) is 1.92. The molecule has 116 valence electrons. The Kier molecular flexibility index (Phi) is 3.68. The lowest BCUT2D eigenvalue weighted by Gasteiger charge is -2.38. The van der Waals surface area contributed by atoms with Gasteiger partial charge in [0.15, 0.2) is 0 Å². The summed E-state index contributed by atoms with van der Waals surface area (Å²) in [5, 5.41) is 4.46. The number of rotatable bonds is 1. The number of hydrogen-bond donors (Lipinski definition) is 0. The molecule has 0 unspecified atom stereocenters. The van der Waals surface area contributed by atoms with Crippen molar-refractivity contribution in [3.05, 3.63) is 11.3 Å². The number of nitrogens with zero attached hydrogens (tertiary/aromatic N) is 3. The first-order valence-electron chi connectivity index (χ1n) is 7.98. The first-order chi connectivity index (χ1) is 9.99. The van der Waals surface area contributed by atoms with E-state index in [0.717, 1.165) is 30.0 Å². The van der Waals surface area contributed by atoms with Crippen LogP contribution in [0.15, 0.2) is 0 Å². The van der Waals surface area contributed by atoms with E-state index >= 15 is 0 Å². The van der Waals surface area contributed by atoms with Crippen LogP contribution in [0.4, 0.5) is 0 Å². The number of amides is 1. The molecule has 1 aromatic rings. The molecule has 3 rings (SSSR count). The van der Waals surface area contributed by atoms with Crippen molar-refractivity contribution in [2.45, 2.75) is 65.1 Å². The van der Waals surface area contributed by atoms with Crippen molar-refractivity contribution in [2.24, 2.45) is 13.0 Å². The molecule has 1 aliphatic heterocycles. The van der Waals surface area contributed by atoms with E-state index in [1.54, 1.807) is 0 Å². The molecule has 2 heterocycles. The predicted molar refractivity (Wildman–Crippen MR) is 80.0 cm³/mol. The van der Waals surface area contributed by atoms with Crippen LogP contribution in [0.5, 0.6) is 5.88 Å². The molecule has 21 heavy (non-hydrogen) atoms. The summed E-state index contributed by atoms with van der Waals surface area (Å²) in [5.41, 5.74) is 2.04. The number of hydrogen-bond acceptors (Lipinski definition) is 3. The second-order valence-corrected chi connectivity index (χ2v) is 6.62. The van der Waals surface area contributed by atoms with E-state index in [1.807, 2.05) is 32.5 Å². The molecule has 0 aromatic carbocycles. The average Bonchev–Trinajstić information content (AvgIpc) is 2.64. The average molecular weight is 291 g/mol. The van der Waals surface area contributed by atoms with Gasteiger partial charge in [0.05, 0.1) is 23.8 Å². The van der Waals surface area contributed by atoms with Crippen molar-refractivity contribution >= 4 is 5.91 Å². The van der Waals surface area contributed by atoms with Crippen molar-refractivity contribution in [2.75, 3.05) is 0 Å². The fourth-order valence-electron chi connectivity index (χ4n) is 3.59. The van der Waals surface area contributed by atoms with Crippen LogP contribution in [0.1, 0.15) is 50.8 Å². The Bertz CT molecular complexity index is 550. The van der Waals surface area contributed by atoms with E-state index < -0.39 is 0 Å². The largest absolute Gasteiger partial charge is 0.472 e. The molecule has 2 atom stereocenters. The van der Waals surface area contributed by atoms with Crippen LogP contribution in [-0.4, -0.2) is 32.7 Å². The fraction of sp³-hybridized carbons (Fsp3) is 0.750. The van der Waals surface area contributed by atoms with Gasteiger partial charge in [-0.1, -0.05) is 20.3 Å². The maximum Gasteiger partial charge on any atom is 0.225 e. The van der Waals surface area contributed by atoms with E-state index in [9.17, 15) is 4.79 Å². The van der Waals surface area contributed by atoms with E-state index in [1.165, 1.54) is 12.8 Å². The number of aromatic nitrogens is 2. The Morgan fingerprint density at radius 1 is 1.33 bits per heavy atom. The van der Waals surface area contributed by atoms with Crippen molar-refractivity contribution in [3.8, 4) is 5.88 Å². The second-order valence-electron chi connectivity index (χ2n) is 6.62. The summed E-state index contributed by atoms with van der Waals surface area (Å²) in [6.07, 6.45) is 4.54. The smallest absolute Gasteiger partial charge is 0.225 e. The lowest BCUT2D eigenvalue weighted by Crippen LogP contribution is -2.50. The Morgan fingerprint density at radius 3 is 2.76 bits per heavy atom. The summed E-state index contributed by atoms with van der Waals surface area (Å²) in [6, 6.07) is 0.209. The summed E-state index contributed by atoms with van der Waals surface area (Å²) in [6.45, 7) is 6.58. The van der Waals surface area contributed by atoms with Gasteiger partial charge in [-0.3, -0.25) is 4.79 Å². The Hall–Kier alpha value is -1.52. The summed E-state index contributed by atoms with van der Waals surface area (Å²) < 4.78 is 8.10. The van der Waals surface area contributed by atoms with Crippen molar-refractivity contribution in [3.63, 3.8) is 0 Å². The third-order valence-electron chi connectivity index (χ3n) is 4.73. The topological polar surface area (TPSA) is 47.4 Å². The fourth-order valence-corrected chi connectivity index (χ4v) is 3.59. The zero-order valence-corrected chi connectivity index (χ0v) is 13.4. The van der Waals surface area contributed by atoms with E-state index in [0.29, 0.717) is 6.54 Å². The van der Waals surface area contributed by atoms with E-state index in [4.69, 9.17) is 4.74 Å². The molecule has 1 aromatic heterocycles. The van der Waals surface area contributed by atoms with Crippen molar-refractivity contribution < 1.29 is 9.53 Å². The molecule has 2 aliphatic rings. The monoisotopic (exact) mass is 291 g/mol. The van der Waals surface area contributed by atoms with Crippen LogP contribution in [0.2, 0.25) is 0 Å². The van der Waals surface area contributed by atoms with Gasteiger partial charge < -0.3 is 9.64 Å². The molecule has 1 aliphatic carbocycles. The van der Waals surface area contributed by atoms with Gasteiger partial charge in [0, 0.05) is 13.0 Å². The van der Waals surface area contributed by atoms with Crippen LogP contribution in [0, 0.1) is 12.8 Å². The summed E-state index contributed by atoms with van der Waals surface area (Å²) in [5.74, 6) is 1.10. The quantitative estimate of drug-likeness (QED) is 0.798. The Balaban J connectivity index is 2.02. The second kappa shape index (κ2) is 5.35. The van der Waals surface area contributed by atoms with Gasteiger partial charge in [0.25, 0.3) is 0 Å². The number of carbonyl (C=O) groups excluding carboxylic acids is 1. The van der Waals surface area contributed by atoms with E-state index in [2.05, 4.69) is 10.00 Å². The number of ether oxygens (including phenoxy) is 1. The zero-order valence-electron chi connectivity index (χ0n) is 13.4. The van der Waals surface area contributed by atoms with Crippen LogP contribution in [0.3, 0.4) is 0 Å². The molecular formula is C16H25N3O2. The third-order valence-corrected chi connectivity index (χ3v) is 4.73. The van der Waals surface area contributed by atoms with Crippen LogP contribution < -0.4 is 4.74 Å². The zero-order chi connectivity index (χ0) is 15.1. The highest BCUT2D eigenvalue weighted by molar-refractivity contribution is 5.78. The molecule has 0 radical (unpaired) electrons. The van der Waals surface area contributed by atoms with Crippen LogP contribution in [-0.2, 0) is 18.4 Å². The van der Waals surface area contributed by atoms with Crippen LogP contribution >= 0.6 is 0 Å². The number of carbonyl (C=O) groups is 1. The molecule has 1 saturated carbocycles. The lowest BCUT2D eigenvalue weighted by molar-refractivity contribution is -0.140. The van der Waals surface area contributed by atoms with Gasteiger partial charge in [0.1, 0.15) is 6.10 Å². The Morgan fingerprint density at radius 2 is 2.05 bits per heavy atom. The van der Waals surface area contributed by atoms with E-state index in [-0.39, 0.29) is 24.0 Å². The molecule has 1 fully saturated rings. The standard InChI is InChI=1S/C16H25N3O2/c1-10(2)15(20)19-9-12-11(3)17-18(4)16(12)21-14-8-6-5-7-13(14)19/h10,13-14H,5-9H2,1-4H3/t13-,14-/m1/s1. The minimum atomic E-state index is 0.0195. The molecule has 5 nitrogen and oxygen atoms in total. The molecule has 0 N–H and O–H groups in total. The Labute approximate surface area is 126 Å². The van der Waals surface area contributed by atoms with Crippen molar-refractivity contribution in [1.82, 2.24) is 14.7 Å². The molecule has 0 bridgehead atoms. The highest BCUT2D eigenvalue weighted by Gasteiger charge is 2.39. The van der Waals surface area contributed by atoms with Gasteiger partial charge >= 0.3 is 0 Å². The normalized spacial score (nSPS) is 25.1. The lowest BCUT2D eigenvalue weighted by atomic mass is 9.90. The van der Waals surface area contributed by atoms with Gasteiger partial charge in [-0.15, -0.1) is 0 Å². The first-order valence-corrected chi connectivity index (χ1v) is 7.98. The third kappa shape index (κ3) is 2.43. The number of fused-ring (bicyclic) bond motifs is 2. The molecule has 5 heteroatoms. The predicted octanol–water partition coefficient (Wildman–Crippen LogP) is 2.42. The maximum absolute atomic E-state index is 12.7. The minimum absolute atomic E-state index is 0.0195. The first kappa shape index (κ1) is 14.4. The SMILES string of the molecule is Cc1nn(C)c2c1CN(C(=O)C(C)C)[C@@H]1CCCC[C@H]1O2. The van der Waals surface area contributed by atoms with Gasteiger partial charge in [0.2, 0.25) is 11.8 Å².